The molecule has 0 radical (unpaired) electrons. The molecule has 0 saturated heterocycles. The van der Waals surface area contributed by atoms with Crippen molar-refractivity contribution in [1.29, 1.82) is 5.26 Å². The molecule has 1 aromatic carbocycles. The Morgan fingerprint density at radius 3 is 2.69 bits per heavy atom. The molecular weight excluding hydrogens is 373 g/mol. The number of carbonyl (C=O) groups excluding carboxylic acids is 1. The summed E-state index contributed by atoms with van der Waals surface area (Å²) in [5.41, 5.74) is 0.552. The summed E-state index contributed by atoms with van der Waals surface area (Å²) in [4.78, 5) is 12.2. The highest BCUT2D eigenvalue weighted by molar-refractivity contribution is 6.35. The Labute approximate surface area is 162 Å². The lowest BCUT2D eigenvalue weighted by molar-refractivity contribution is -0.145. The second-order valence-electron chi connectivity index (χ2n) is 6.16. The van der Waals surface area contributed by atoms with E-state index in [0.717, 1.165) is 32.1 Å². The molecule has 134 valence electrons. The quantitative estimate of drug-likeness (QED) is 0.363. The van der Waals surface area contributed by atoms with Crippen molar-refractivity contribution >= 4 is 35.2 Å². The van der Waals surface area contributed by atoms with Crippen LogP contribution in [-0.2, 0) is 9.53 Å². The van der Waals surface area contributed by atoms with Gasteiger partial charge >= 0.3 is 5.97 Å². The van der Waals surface area contributed by atoms with Crippen molar-refractivity contribution in [2.45, 2.75) is 38.2 Å². The van der Waals surface area contributed by atoms with Crippen LogP contribution in [0.25, 0.3) is 17.4 Å². The first kappa shape index (κ1) is 18.6. The molecule has 1 saturated carbocycles. The van der Waals surface area contributed by atoms with Crippen LogP contribution in [0.3, 0.4) is 0 Å². The topological polar surface area (TPSA) is 63.2 Å². The van der Waals surface area contributed by atoms with Gasteiger partial charge in [0.15, 0.2) is 0 Å². The van der Waals surface area contributed by atoms with E-state index < -0.39 is 5.97 Å². The van der Waals surface area contributed by atoms with Crippen LogP contribution in [0, 0.1) is 11.3 Å². The van der Waals surface area contributed by atoms with Crippen LogP contribution in [0.15, 0.2) is 40.3 Å². The predicted octanol–water partition coefficient (Wildman–Crippen LogP) is 6.04. The zero-order valence-electron chi connectivity index (χ0n) is 14.0. The second-order valence-corrected chi connectivity index (χ2v) is 7.00. The Balaban J connectivity index is 1.77. The van der Waals surface area contributed by atoms with Crippen molar-refractivity contribution in [1.82, 2.24) is 0 Å². The Bertz CT molecular complexity index is 873. The molecule has 0 N–H and O–H groups in total. The van der Waals surface area contributed by atoms with Crippen LogP contribution in [0.2, 0.25) is 10.0 Å². The highest BCUT2D eigenvalue weighted by atomic mass is 35.5. The number of carbonyl (C=O) groups is 1. The van der Waals surface area contributed by atoms with Gasteiger partial charge in [0, 0.05) is 16.7 Å². The molecule has 0 aliphatic heterocycles. The molecule has 0 unspecified atom stereocenters. The van der Waals surface area contributed by atoms with Gasteiger partial charge < -0.3 is 9.15 Å². The fourth-order valence-corrected chi connectivity index (χ4v) is 3.32. The van der Waals surface area contributed by atoms with E-state index in [4.69, 9.17) is 32.4 Å². The molecule has 0 amide bonds. The highest BCUT2D eigenvalue weighted by Gasteiger charge is 2.20. The van der Waals surface area contributed by atoms with E-state index in [1.165, 1.54) is 6.08 Å². The molecule has 2 aromatic rings. The minimum atomic E-state index is -0.613. The van der Waals surface area contributed by atoms with Gasteiger partial charge in [0.2, 0.25) is 0 Å². The van der Waals surface area contributed by atoms with E-state index in [2.05, 4.69) is 0 Å². The average Bonchev–Trinajstić information content (AvgIpc) is 3.11. The standard InChI is InChI=1S/C20H17Cl2NO3/c21-14-6-8-18(22)17(11-14)19-9-7-16(25-19)10-13(12-23)20(24)26-15-4-2-1-3-5-15/h6-11,15H,1-5H2/b13-10-. The number of rotatable bonds is 4. The third-order valence-corrected chi connectivity index (χ3v) is 4.84. The van der Waals surface area contributed by atoms with Gasteiger partial charge in [0.25, 0.3) is 0 Å². The number of halogens is 2. The Kier molecular flexibility index (Phi) is 6.03. The minimum Gasteiger partial charge on any atom is -0.458 e. The van der Waals surface area contributed by atoms with Gasteiger partial charge in [0.1, 0.15) is 29.3 Å². The number of nitriles is 1. The third kappa shape index (κ3) is 4.49. The summed E-state index contributed by atoms with van der Waals surface area (Å²) < 4.78 is 11.1. The fraction of sp³-hybridized carbons (Fsp3) is 0.300. The molecule has 4 nitrogen and oxygen atoms in total. The van der Waals surface area contributed by atoms with Crippen molar-refractivity contribution in [2.24, 2.45) is 0 Å². The van der Waals surface area contributed by atoms with Crippen molar-refractivity contribution in [3.05, 3.63) is 51.7 Å². The van der Waals surface area contributed by atoms with Crippen LogP contribution in [-0.4, -0.2) is 12.1 Å². The fourth-order valence-electron chi connectivity index (χ4n) is 2.94. The first-order valence-corrected chi connectivity index (χ1v) is 9.20. The summed E-state index contributed by atoms with van der Waals surface area (Å²) in [6.45, 7) is 0. The lowest BCUT2D eigenvalue weighted by atomic mass is 9.98. The Morgan fingerprint density at radius 2 is 1.96 bits per heavy atom. The first-order valence-electron chi connectivity index (χ1n) is 8.45. The maximum Gasteiger partial charge on any atom is 0.349 e. The van der Waals surface area contributed by atoms with Crippen molar-refractivity contribution < 1.29 is 13.9 Å². The zero-order chi connectivity index (χ0) is 18.5. The van der Waals surface area contributed by atoms with Crippen LogP contribution in [0.5, 0.6) is 0 Å². The van der Waals surface area contributed by atoms with E-state index in [9.17, 15) is 10.1 Å². The van der Waals surface area contributed by atoms with Crippen LogP contribution >= 0.6 is 23.2 Å². The summed E-state index contributed by atoms with van der Waals surface area (Å²) in [6.07, 6.45) is 6.23. The van der Waals surface area contributed by atoms with Gasteiger partial charge in [-0.05, 0) is 56.0 Å². The SMILES string of the molecule is N#C/C(=C/c1ccc(-c2cc(Cl)ccc2Cl)o1)C(=O)OC1CCCCC1. The van der Waals surface area contributed by atoms with E-state index in [0.29, 0.717) is 27.1 Å². The largest absolute Gasteiger partial charge is 0.458 e. The normalized spacial score (nSPS) is 15.5. The molecule has 1 fully saturated rings. The van der Waals surface area contributed by atoms with Gasteiger partial charge in [-0.1, -0.05) is 29.6 Å². The van der Waals surface area contributed by atoms with Gasteiger partial charge in [-0.3, -0.25) is 0 Å². The summed E-state index contributed by atoms with van der Waals surface area (Å²) in [7, 11) is 0. The number of hydrogen-bond donors (Lipinski definition) is 0. The third-order valence-electron chi connectivity index (χ3n) is 4.27. The van der Waals surface area contributed by atoms with Crippen molar-refractivity contribution in [2.75, 3.05) is 0 Å². The molecule has 1 heterocycles. The molecule has 1 aliphatic carbocycles. The number of esters is 1. The summed E-state index contributed by atoms with van der Waals surface area (Å²) >= 11 is 12.2. The average molecular weight is 390 g/mol. The lowest BCUT2D eigenvalue weighted by Gasteiger charge is -2.21. The molecule has 0 bridgehead atoms. The number of furan rings is 1. The molecule has 6 heteroatoms. The second kappa shape index (κ2) is 8.44. The number of ether oxygens (including phenoxy) is 1. The van der Waals surface area contributed by atoms with E-state index in [1.807, 2.05) is 6.07 Å². The predicted molar refractivity (Wildman–Crippen MR) is 101 cm³/mol. The number of benzene rings is 1. The maximum absolute atomic E-state index is 12.2. The number of hydrogen-bond acceptors (Lipinski definition) is 4. The van der Waals surface area contributed by atoms with Gasteiger partial charge in [0.05, 0.1) is 5.02 Å². The highest BCUT2D eigenvalue weighted by Crippen LogP contribution is 2.32. The molecule has 26 heavy (non-hydrogen) atoms. The van der Waals surface area contributed by atoms with Crippen molar-refractivity contribution in [3.63, 3.8) is 0 Å². The van der Waals surface area contributed by atoms with Crippen LogP contribution in [0.1, 0.15) is 37.9 Å². The van der Waals surface area contributed by atoms with Crippen LogP contribution < -0.4 is 0 Å². The summed E-state index contributed by atoms with van der Waals surface area (Å²) in [5.74, 6) is 0.257. The smallest absolute Gasteiger partial charge is 0.349 e. The number of nitrogens with zero attached hydrogens (tertiary/aromatic N) is 1. The van der Waals surface area contributed by atoms with Gasteiger partial charge in [-0.2, -0.15) is 5.26 Å². The van der Waals surface area contributed by atoms with E-state index >= 15 is 0 Å². The molecule has 1 aromatic heterocycles. The maximum atomic E-state index is 12.2. The molecule has 1 aliphatic rings. The Morgan fingerprint density at radius 1 is 1.19 bits per heavy atom. The first-order chi connectivity index (χ1) is 12.6. The zero-order valence-corrected chi connectivity index (χ0v) is 15.5. The Hall–Kier alpha value is -2.22. The van der Waals surface area contributed by atoms with Gasteiger partial charge in [-0.15, -0.1) is 0 Å². The van der Waals surface area contributed by atoms with E-state index in [1.54, 1.807) is 30.3 Å². The van der Waals surface area contributed by atoms with Crippen LogP contribution in [0.4, 0.5) is 0 Å². The molecule has 0 spiro atoms. The van der Waals surface area contributed by atoms with Crippen molar-refractivity contribution in [3.8, 4) is 17.4 Å². The molecular formula is C20H17Cl2NO3. The molecule has 0 atom stereocenters. The lowest BCUT2D eigenvalue weighted by Crippen LogP contribution is -2.21. The van der Waals surface area contributed by atoms with E-state index in [-0.39, 0.29) is 11.7 Å². The monoisotopic (exact) mass is 389 g/mol. The summed E-state index contributed by atoms with van der Waals surface area (Å²) in [6, 6.07) is 10.3. The summed E-state index contributed by atoms with van der Waals surface area (Å²) in [5, 5.41) is 10.3. The molecule has 3 rings (SSSR count). The van der Waals surface area contributed by atoms with Gasteiger partial charge in [-0.25, -0.2) is 4.79 Å². The minimum absolute atomic E-state index is 0.0892.